The topological polar surface area (TPSA) is 75.9 Å². The summed E-state index contributed by atoms with van der Waals surface area (Å²) in [6.07, 6.45) is 0. The van der Waals surface area contributed by atoms with Crippen molar-refractivity contribution < 1.29 is 13.9 Å². The Bertz CT molecular complexity index is 1660. The van der Waals surface area contributed by atoms with E-state index in [1.54, 1.807) is 17.0 Å². The van der Waals surface area contributed by atoms with E-state index in [-0.39, 0.29) is 18.0 Å². The predicted molar refractivity (Wildman–Crippen MR) is 151 cm³/mol. The number of carbonyl (C=O) groups is 1. The van der Waals surface area contributed by atoms with Gasteiger partial charge in [0.25, 0.3) is 5.91 Å². The summed E-state index contributed by atoms with van der Waals surface area (Å²) in [5.41, 5.74) is 1.75. The highest BCUT2D eigenvalue weighted by molar-refractivity contribution is 7.22. The first-order valence-electron chi connectivity index (χ1n) is 12.0. The number of nitrogens with zero attached hydrogens (tertiary/aromatic N) is 3. The number of amides is 1. The van der Waals surface area contributed by atoms with Gasteiger partial charge in [-0.1, -0.05) is 53.8 Å². The summed E-state index contributed by atoms with van der Waals surface area (Å²) in [4.78, 5) is 35.7. The molecule has 3 aromatic carbocycles. The fourth-order valence-corrected chi connectivity index (χ4v) is 5.77. The van der Waals surface area contributed by atoms with Gasteiger partial charge in [-0.05, 0) is 41.5 Å². The lowest BCUT2D eigenvalue weighted by Crippen LogP contribution is -2.44. The average molecular weight is 536 g/mol. The van der Waals surface area contributed by atoms with Crippen LogP contribution in [-0.4, -0.2) is 55.2 Å². The van der Waals surface area contributed by atoms with Crippen LogP contribution in [0.4, 0.5) is 5.13 Å². The quantitative estimate of drug-likeness (QED) is 0.225. The van der Waals surface area contributed by atoms with Crippen LogP contribution >= 0.6 is 23.7 Å². The molecule has 0 N–H and O–H groups in total. The summed E-state index contributed by atoms with van der Waals surface area (Å²) < 4.78 is 12.1. The summed E-state index contributed by atoms with van der Waals surface area (Å²) in [5.74, 6) is -0.399. The molecule has 0 bridgehead atoms. The van der Waals surface area contributed by atoms with E-state index in [2.05, 4.69) is 4.90 Å². The summed E-state index contributed by atoms with van der Waals surface area (Å²) in [6.45, 7) is 6.05. The number of fused-ring (bicyclic) bond motifs is 4. The number of aryl methyl sites for hydroxylation is 1. The Labute approximate surface area is 223 Å². The van der Waals surface area contributed by atoms with Crippen molar-refractivity contribution in [2.24, 2.45) is 0 Å². The highest BCUT2D eigenvalue weighted by Crippen LogP contribution is 2.32. The summed E-state index contributed by atoms with van der Waals surface area (Å²) in [7, 11) is 0. The molecule has 5 aromatic rings. The van der Waals surface area contributed by atoms with E-state index in [1.807, 2.05) is 55.5 Å². The van der Waals surface area contributed by atoms with Crippen LogP contribution in [0.2, 0.25) is 0 Å². The molecule has 0 aliphatic carbocycles. The van der Waals surface area contributed by atoms with E-state index in [0.29, 0.717) is 37.0 Å². The molecular formula is C28H26ClN3O4S. The monoisotopic (exact) mass is 535 g/mol. The number of halogens is 1. The molecule has 0 atom stereocenters. The molecular weight excluding hydrogens is 510 g/mol. The number of hydrogen-bond donors (Lipinski definition) is 0. The molecule has 2 aromatic heterocycles. The molecule has 1 aliphatic heterocycles. The Kier molecular flexibility index (Phi) is 7.26. The Morgan fingerprint density at radius 3 is 2.68 bits per heavy atom. The van der Waals surface area contributed by atoms with E-state index in [0.717, 1.165) is 45.0 Å². The third kappa shape index (κ3) is 4.85. The van der Waals surface area contributed by atoms with Crippen molar-refractivity contribution in [3.05, 3.63) is 82.2 Å². The zero-order chi connectivity index (χ0) is 24.6. The minimum atomic E-state index is -0.642. The minimum Gasteiger partial charge on any atom is -0.422 e. The van der Waals surface area contributed by atoms with Gasteiger partial charge in [0.15, 0.2) is 5.13 Å². The Morgan fingerprint density at radius 1 is 1.05 bits per heavy atom. The third-order valence-electron chi connectivity index (χ3n) is 6.70. The largest absolute Gasteiger partial charge is 0.422 e. The maximum absolute atomic E-state index is 14.0. The maximum atomic E-state index is 14.0. The zero-order valence-electron chi connectivity index (χ0n) is 20.3. The zero-order valence-corrected chi connectivity index (χ0v) is 21.9. The SMILES string of the molecule is Cc1cccc2sc(N(CCN3CCOCC3)C(=O)c3cc4c(ccc5ccccc54)oc3=O)nc12.Cl. The molecule has 190 valence electrons. The molecule has 3 heterocycles. The van der Waals surface area contributed by atoms with Gasteiger partial charge in [-0.15, -0.1) is 12.4 Å². The molecule has 1 saturated heterocycles. The Hall–Kier alpha value is -3.30. The second-order valence-electron chi connectivity index (χ2n) is 8.97. The number of rotatable bonds is 5. The Balaban J connectivity index is 0.00000280. The fourth-order valence-electron chi connectivity index (χ4n) is 4.71. The van der Waals surface area contributed by atoms with Crippen LogP contribution < -0.4 is 10.5 Å². The van der Waals surface area contributed by atoms with E-state index in [1.165, 1.54) is 11.3 Å². The minimum absolute atomic E-state index is 0. The van der Waals surface area contributed by atoms with E-state index >= 15 is 0 Å². The van der Waals surface area contributed by atoms with Crippen molar-refractivity contribution >= 4 is 66.7 Å². The average Bonchev–Trinajstić information content (AvgIpc) is 3.34. The molecule has 6 rings (SSSR count). The second kappa shape index (κ2) is 10.6. The van der Waals surface area contributed by atoms with E-state index < -0.39 is 11.5 Å². The number of carbonyl (C=O) groups excluding carboxylic acids is 1. The van der Waals surface area contributed by atoms with Crippen LogP contribution in [0.15, 0.2) is 69.9 Å². The van der Waals surface area contributed by atoms with Gasteiger partial charge in [0.2, 0.25) is 0 Å². The maximum Gasteiger partial charge on any atom is 0.349 e. The number of anilines is 1. The number of aromatic nitrogens is 1. The van der Waals surface area contributed by atoms with Gasteiger partial charge in [0.1, 0.15) is 11.1 Å². The number of benzene rings is 3. The van der Waals surface area contributed by atoms with Crippen LogP contribution in [0, 0.1) is 6.92 Å². The number of hydrogen-bond acceptors (Lipinski definition) is 7. The lowest BCUT2D eigenvalue weighted by atomic mass is 10.0. The number of para-hydroxylation sites is 1. The van der Waals surface area contributed by atoms with Gasteiger partial charge in [0, 0.05) is 31.6 Å². The van der Waals surface area contributed by atoms with Crippen molar-refractivity contribution in [1.29, 1.82) is 0 Å². The normalized spacial score (nSPS) is 14.2. The molecule has 1 amide bonds. The lowest BCUT2D eigenvalue weighted by Gasteiger charge is -2.29. The van der Waals surface area contributed by atoms with E-state index in [4.69, 9.17) is 14.1 Å². The van der Waals surface area contributed by atoms with Crippen LogP contribution in [0.25, 0.3) is 32.0 Å². The van der Waals surface area contributed by atoms with Crippen LogP contribution in [-0.2, 0) is 4.74 Å². The van der Waals surface area contributed by atoms with Crippen LogP contribution in [0.5, 0.6) is 0 Å². The molecule has 1 aliphatic rings. The molecule has 7 nitrogen and oxygen atoms in total. The Morgan fingerprint density at radius 2 is 1.86 bits per heavy atom. The van der Waals surface area contributed by atoms with E-state index in [9.17, 15) is 9.59 Å². The van der Waals surface area contributed by atoms with Crippen molar-refractivity contribution in [2.45, 2.75) is 6.92 Å². The first-order chi connectivity index (χ1) is 17.6. The lowest BCUT2D eigenvalue weighted by molar-refractivity contribution is 0.0391. The van der Waals surface area contributed by atoms with Gasteiger partial charge in [-0.2, -0.15) is 0 Å². The molecule has 0 unspecified atom stereocenters. The smallest absolute Gasteiger partial charge is 0.349 e. The van der Waals surface area contributed by atoms with Crippen molar-refractivity contribution in [3.63, 3.8) is 0 Å². The van der Waals surface area contributed by atoms with Crippen molar-refractivity contribution in [3.8, 4) is 0 Å². The first kappa shape index (κ1) is 25.4. The molecule has 37 heavy (non-hydrogen) atoms. The summed E-state index contributed by atoms with van der Waals surface area (Å²) in [5, 5.41) is 3.27. The standard InChI is InChI=1S/C28H25N3O4S.ClH/c1-18-5-4-8-24-25(18)29-28(36-24)31(12-11-30-13-15-34-16-14-30)26(32)22-17-21-20-7-3-2-6-19(20)9-10-23(21)35-27(22)33;/h2-10,17H,11-16H2,1H3;1H. The molecule has 0 saturated carbocycles. The highest BCUT2D eigenvalue weighted by Gasteiger charge is 2.26. The summed E-state index contributed by atoms with van der Waals surface area (Å²) in [6, 6.07) is 19.2. The van der Waals surface area contributed by atoms with Gasteiger partial charge in [-0.25, -0.2) is 9.78 Å². The number of ether oxygens (including phenoxy) is 1. The van der Waals surface area contributed by atoms with Crippen LogP contribution in [0.3, 0.4) is 0 Å². The van der Waals surface area contributed by atoms with Gasteiger partial charge in [0.05, 0.1) is 23.4 Å². The second-order valence-corrected chi connectivity index (χ2v) is 9.98. The highest BCUT2D eigenvalue weighted by atomic mass is 35.5. The summed E-state index contributed by atoms with van der Waals surface area (Å²) >= 11 is 1.46. The van der Waals surface area contributed by atoms with Gasteiger partial charge < -0.3 is 9.15 Å². The van der Waals surface area contributed by atoms with Crippen LogP contribution in [0.1, 0.15) is 15.9 Å². The molecule has 0 spiro atoms. The predicted octanol–water partition coefficient (Wildman–Crippen LogP) is 5.27. The van der Waals surface area contributed by atoms with Gasteiger partial charge >= 0.3 is 5.63 Å². The molecule has 1 fully saturated rings. The van der Waals surface area contributed by atoms with Gasteiger partial charge in [-0.3, -0.25) is 14.6 Å². The molecule has 0 radical (unpaired) electrons. The first-order valence-corrected chi connectivity index (χ1v) is 12.8. The van der Waals surface area contributed by atoms with Crippen molar-refractivity contribution in [2.75, 3.05) is 44.3 Å². The number of thiazole rings is 1. The number of morpholine rings is 1. The van der Waals surface area contributed by atoms with Crippen molar-refractivity contribution in [1.82, 2.24) is 9.88 Å². The third-order valence-corrected chi connectivity index (χ3v) is 7.74. The molecule has 9 heteroatoms. The fraction of sp³-hybridized carbons (Fsp3) is 0.250.